The highest BCUT2D eigenvalue weighted by atomic mass is 31.2. The number of unbranched alkanes of at least 4 members (excludes halogenated alkanes) is 9. The van der Waals surface area contributed by atoms with Crippen LogP contribution in [0.1, 0.15) is 136 Å². The summed E-state index contributed by atoms with van der Waals surface area (Å²) in [5.74, 6) is -0.873. The molecule has 0 aromatic rings. The molecule has 10 heteroatoms. The average molecular weight is 765 g/mol. The molecule has 0 aliphatic heterocycles. The first kappa shape index (κ1) is 50.5. The molecule has 304 valence electrons. The third-order valence-corrected chi connectivity index (χ3v) is 8.95. The topological polar surface area (TPSA) is 108 Å². The van der Waals surface area contributed by atoms with Gasteiger partial charge in [0.2, 0.25) is 0 Å². The predicted octanol–water partition coefficient (Wildman–Crippen LogP) is 11.1. The molecule has 0 heterocycles. The summed E-state index contributed by atoms with van der Waals surface area (Å²) in [5, 5.41) is 0. The summed E-state index contributed by atoms with van der Waals surface area (Å²) in [6, 6.07) is 0. The second-order valence-electron chi connectivity index (χ2n) is 14.3. The molecule has 0 aromatic carbocycles. The molecule has 0 aliphatic carbocycles. The molecule has 0 bridgehead atoms. The zero-order chi connectivity index (χ0) is 39.3. The Bertz CT molecular complexity index is 1140. The Morgan fingerprint density at radius 1 is 0.604 bits per heavy atom. The van der Waals surface area contributed by atoms with E-state index in [1.54, 1.807) is 0 Å². The Balaban J connectivity index is 4.53. The van der Waals surface area contributed by atoms with Gasteiger partial charge in [-0.1, -0.05) is 119 Å². The standard InChI is InChI=1S/C43H74NO8P/c1-6-8-10-12-14-16-18-20-22-24-26-28-30-32-34-36-43(46)52-41(40-51-53(47,48)50-38-37-44(3,4)5)39-49-42(45)35-33-31-29-27-25-23-21-19-17-15-13-11-9-7-2/h8,10,13-16,19-22,26,28,41H,6-7,9,11-12,17-18,23-25,27,29-40H2,1-5H3/p+1/b10-8-,15-13-,16-14-,21-19-,22-20-,28-26-. The van der Waals surface area contributed by atoms with Crippen molar-refractivity contribution in [1.29, 1.82) is 0 Å². The van der Waals surface area contributed by atoms with Gasteiger partial charge < -0.3 is 18.9 Å². The maximum atomic E-state index is 12.6. The third-order valence-electron chi connectivity index (χ3n) is 7.97. The maximum absolute atomic E-state index is 12.6. The molecule has 0 fully saturated rings. The first-order chi connectivity index (χ1) is 25.5. The fraction of sp³-hybridized carbons (Fsp3) is 0.674. The van der Waals surface area contributed by atoms with Gasteiger partial charge in [0.25, 0.3) is 0 Å². The third kappa shape index (κ3) is 39.0. The van der Waals surface area contributed by atoms with Gasteiger partial charge in [-0.05, 0) is 77.0 Å². The van der Waals surface area contributed by atoms with E-state index < -0.39 is 32.5 Å². The van der Waals surface area contributed by atoms with E-state index in [1.165, 1.54) is 12.8 Å². The summed E-state index contributed by atoms with van der Waals surface area (Å²) >= 11 is 0. The van der Waals surface area contributed by atoms with E-state index in [-0.39, 0.29) is 26.1 Å². The van der Waals surface area contributed by atoms with Crippen molar-refractivity contribution in [2.75, 3.05) is 47.5 Å². The average Bonchev–Trinajstić information content (AvgIpc) is 3.10. The molecule has 1 N–H and O–H groups in total. The molecular formula is C43H75NO8P+. The molecule has 0 saturated carbocycles. The van der Waals surface area contributed by atoms with Crippen LogP contribution in [-0.4, -0.2) is 74.9 Å². The van der Waals surface area contributed by atoms with E-state index in [2.05, 4.69) is 86.8 Å². The van der Waals surface area contributed by atoms with Crippen LogP contribution >= 0.6 is 7.82 Å². The minimum Gasteiger partial charge on any atom is -0.462 e. The molecule has 0 radical (unpaired) electrons. The van der Waals surface area contributed by atoms with Crippen LogP contribution in [-0.2, 0) is 32.7 Å². The number of esters is 2. The van der Waals surface area contributed by atoms with Crippen LogP contribution in [0.5, 0.6) is 0 Å². The lowest BCUT2D eigenvalue weighted by atomic mass is 10.1. The van der Waals surface area contributed by atoms with Crippen molar-refractivity contribution >= 4 is 19.8 Å². The summed E-state index contributed by atoms with van der Waals surface area (Å²) in [5.41, 5.74) is 0. The first-order valence-electron chi connectivity index (χ1n) is 20.2. The van der Waals surface area contributed by atoms with Crippen molar-refractivity contribution in [2.45, 2.75) is 142 Å². The summed E-state index contributed by atoms with van der Waals surface area (Å²) < 4.78 is 34.1. The van der Waals surface area contributed by atoms with Crippen LogP contribution in [0.2, 0.25) is 0 Å². The molecule has 2 unspecified atom stereocenters. The molecule has 0 spiro atoms. The van der Waals surface area contributed by atoms with E-state index in [0.717, 1.165) is 83.5 Å². The van der Waals surface area contributed by atoms with Crippen LogP contribution < -0.4 is 0 Å². The molecule has 53 heavy (non-hydrogen) atoms. The first-order valence-corrected chi connectivity index (χ1v) is 21.7. The number of phosphoric ester groups is 1. The van der Waals surface area contributed by atoms with Gasteiger partial charge in [0, 0.05) is 12.8 Å². The fourth-order valence-corrected chi connectivity index (χ4v) is 5.52. The van der Waals surface area contributed by atoms with Gasteiger partial charge in [-0.15, -0.1) is 0 Å². The number of hydrogen-bond donors (Lipinski definition) is 1. The normalized spacial score (nSPS) is 14.5. The highest BCUT2D eigenvalue weighted by Gasteiger charge is 2.27. The van der Waals surface area contributed by atoms with Crippen LogP contribution in [0, 0.1) is 0 Å². The molecule has 0 amide bonds. The number of quaternary nitrogens is 1. The lowest BCUT2D eigenvalue weighted by Crippen LogP contribution is -2.37. The lowest BCUT2D eigenvalue weighted by Gasteiger charge is -2.24. The quantitative estimate of drug-likeness (QED) is 0.0223. The molecular weight excluding hydrogens is 689 g/mol. The van der Waals surface area contributed by atoms with Gasteiger partial charge >= 0.3 is 19.8 Å². The summed E-state index contributed by atoms with van der Waals surface area (Å²) in [6.45, 7) is 4.17. The largest absolute Gasteiger partial charge is 0.472 e. The molecule has 2 atom stereocenters. The van der Waals surface area contributed by atoms with Crippen LogP contribution in [0.15, 0.2) is 72.9 Å². The maximum Gasteiger partial charge on any atom is 0.472 e. The summed E-state index contributed by atoms with van der Waals surface area (Å²) in [4.78, 5) is 35.2. The number of nitrogens with zero attached hydrogens (tertiary/aromatic N) is 1. The van der Waals surface area contributed by atoms with Crippen molar-refractivity contribution in [1.82, 2.24) is 0 Å². The zero-order valence-electron chi connectivity index (χ0n) is 34.0. The number of carbonyl (C=O) groups excluding carboxylic acids is 2. The molecule has 0 aromatic heterocycles. The molecule has 0 aliphatic rings. The van der Waals surface area contributed by atoms with Crippen molar-refractivity contribution < 1.29 is 42.1 Å². The number of rotatable bonds is 35. The minimum absolute atomic E-state index is 0.0173. The van der Waals surface area contributed by atoms with Crippen molar-refractivity contribution in [3.8, 4) is 0 Å². The number of ether oxygens (including phenoxy) is 2. The van der Waals surface area contributed by atoms with Crippen molar-refractivity contribution in [2.24, 2.45) is 0 Å². The Morgan fingerprint density at radius 2 is 1.08 bits per heavy atom. The van der Waals surface area contributed by atoms with Gasteiger partial charge in [-0.2, -0.15) is 0 Å². The summed E-state index contributed by atoms with van der Waals surface area (Å²) in [6.07, 6.45) is 42.4. The highest BCUT2D eigenvalue weighted by molar-refractivity contribution is 7.47. The second-order valence-corrected chi connectivity index (χ2v) is 15.7. The predicted molar refractivity (Wildman–Crippen MR) is 219 cm³/mol. The number of allylic oxidation sites excluding steroid dienone is 12. The van der Waals surface area contributed by atoms with E-state index >= 15 is 0 Å². The second kappa shape index (κ2) is 35.2. The van der Waals surface area contributed by atoms with Gasteiger partial charge in [0.05, 0.1) is 27.7 Å². The zero-order valence-corrected chi connectivity index (χ0v) is 34.9. The van der Waals surface area contributed by atoms with Crippen LogP contribution in [0.4, 0.5) is 0 Å². The van der Waals surface area contributed by atoms with Gasteiger partial charge in [-0.3, -0.25) is 18.6 Å². The Morgan fingerprint density at radius 3 is 1.64 bits per heavy atom. The van der Waals surface area contributed by atoms with E-state index in [0.29, 0.717) is 23.9 Å². The molecule has 0 rings (SSSR count). The van der Waals surface area contributed by atoms with Crippen LogP contribution in [0.3, 0.4) is 0 Å². The SMILES string of the molecule is CC/C=C\C/C=C\C/C=C\C/C=C\CCCCC(=O)OC(COC(=O)CCCCCCC/C=C\C/C=C\CCCC)COP(=O)(O)OCC[N+](C)(C)C. The van der Waals surface area contributed by atoms with E-state index in [9.17, 15) is 19.0 Å². The lowest BCUT2D eigenvalue weighted by molar-refractivity contribution is -0.870. The van der Waals surface area contributed by atoms with Gasteiger partial charge in [-0.25, -0.2) is 4.57 Å². The monoisotopic (exact) mass is 765 g/mol. The molecule has 0 saturated heterocycles. The van der Waals surface area contributed by atoms with Crippen molar-refractivity contribution in [3.05, 3.63) is 72.9 Å². The number of hydrogen-bond acceptors (Lipinski definition) is 7. The van der Waals surface area contributed by atoms with Crippen LogP contribution in [0.25, 0.3) is 0 Å². The van der Waals surface area contributed by atoms with Gasteiger partial charge in [0.15, 0.2) is 6.10 Å². The smallest absolute Gasteiger partial charge is 0.462 e. The summed E-state index contributed by atoms with van der Waals surface area (Å²) in [7, 11) is 1.43. The van der Waals surface area contributed by atoms with Crippen molar-refractivity contribution in [3.63, 3.8) is 0 Å². The van der Waals surface area contributed by atoms with E-state index in [4.69, 9.17) is 18.5 Å². The number of likely N-dealkylation sites (N-methyl/N-ethyl adjacent to an activating group) is 1. The Kier molecular flexibility index (Phi) is 33.5. The Hall–Kier alpha value is -2.55. The molecule has 9 nitrogen and oxygen atoms in total. The minimum atomic E-state index is -4.39. The highest BCUT2D eigenvalue weighted by Crippen LogP contribution is 2.43. The fourth-order valence-electron chi connectivity index (χ4n) is 4.78. The Labute approximate surface area is 323 Å². The number of carbonyl (C=O) groups is 2. The number of phosphoric acid groups is 1. The van der Waals surface area contributed by atoms with E-state index in [1.807, 2.05) is 21.1 Å². The van der Waals surface area contributed by atoms with Gasteiger partial charge in [0.1, 0.15) is 19.8 Å².